The lowest BCUT2D eigenvalue weighted by Crippen LogP contribution is -2.35. The van der Waals surface area contributed by atoms with Gasteiger partial charge in [-0.15, -0.1) is 0 Å². The maximum Gasteiger partial charge on any atom is 0.324 e. The number of halogens is 2. The number of carboxylic acid groups (broad SMARTS) is 1. The number of aliphatic carboxylic acids is 1. The molecule has 0 unspecified atom stereocenters. The fraction of sp³-hybridized carbons (Fsp3) is 0.0952. The predicted molar refractivity (Wildman–Crippen MR) is 121 cm³/mol. The normalized spacial score (nSPS) is 11.2. The van der Waals surface area contributed by atoms with E-state index in [2.05, 4.69) is 5.32 Å². The van der Waals surface area contributed by atoms with Crippen molar-refractivity contribution in [1.82, 2.24) is 5.32 Å². The molecule has 0 bridgehead atoms. The number of aldehydes is 1. The van der Waals surface area contributed by atoms with Gasteiger partial charge in [-0.05, 0) is 53.2 Å². The minimum atomic E-state index is -4.31. The zero-order valence-electron chi connectivity index (χ0n) is 16.3. The molecule has 3 aromatic rings. The quantitative estimate of drug-likeness (QED) is 0.463. The van der Waals surface area contributed by atoms with Crippen molar-refractivity contribution in [3.8, 4) is 0 Å². The number of sulfonamides is 1. The summed E-state index contributed by atoms with van der Waals surface area (Å²) < 4.78 is 27.2. The monoisotopic (exact) mass is 494 g/mol. The lowest BCUT2D eigenvalue weighted by molar-refractivity contribution is -0.135. The number of carbonyl (C=O) groups is 3. The second-order valence-corrected chi connectivity index (χ2v) is 9.37. The van der Waals surface area contributed by atoms with Gasteiger partial charge in [0.2, 0.25) is 0 Å². The number of anilines is 1. The third-order valence-corrected chi connectivity index (χ3v) is 6.61. The highest BCUT2D eigenvalue weighted by atomic mass is 35.5. The largest absolute Gasteiger partial charge is 0.480 e. The summed E-state index contributed by atoms with van der Waals surface area (Å²) in [5.74, 6) is -1.79. The molecule has 32 heavy (non-hydrogen) atoms. The summed E-state index contributed by atoms with van der Waals surface area (Å²) in [5, 5.41) is 13.1. The van der Waals surface area contributed by atoms with Crippen LogP contribution in [0.5, 0.6) is 0 Å². The summed E-state index contributed by atoms with van der Waals surface area (Å²) in [6, 6.07) is 12.9. The number of nitrogens with zero attached hydrogens (tertiary/aromatic N) is 1. The van der Waals surface area contributed by atoms with E-state index >= 15 is 0 Å². The van der Waals surface area contributed by atoms with Gasteiger partial charge < -0.3 is 15.2 Å². The van der Waals surface area contributed by atoms with E-state index in [0.29, 0.717) is 22.6 Å². The molecule has 11 heteroatoms. The molecule has 3 rings (SSSR count). The van der Waals surface area contributed by atoms with Crippen molar-refractivity contribution in [3.63, 3.8) is 0 Å². The average molecular weight is 495 g/mol. The van der Waals surface area contributed by atoms with Crippen molar-refractivity contribution in [3.05, 3.63) is 70.2 Å². The fourth-order valence-electron chi connectivity index (χ4n) is 3.01. The molecule has 0 saturated heterocycles. The highest BCUT2D eigenvalue weighted by Gasteiger charge is 2.28. The molecule has 0 radical (unpaired) electrons. The number of carboxylic acids is 1. The third kappa shape index (κ3) is 5.18. The average Bonchev–Trinajstić information content (AvgIpc) is 2.74. The zero-order chi connectivity index (χ0) is 23.5. The Kier molecular flexibility index (Phi) is 7.02. The van der Waals surface area contributed by atoms with Crippen LogP contribution in [-0.2, 0) is 19.6 Å². The van der Waals surface area contributed by atoms with Gasteiger partial charge in [0.25, 0.3) is 15.9 Å². The SMILES string of the molecule is O=CCNC(=O)c1ccc2cc(N(CC(=O)O)S(=O)(=O)c3cc(Cl)cc(Cl)c3)ccc2c1. The molecule has 166 valence electrons. The number of hydrogen-bond donors (Lipinski definition) is 2. The van der Waals surface area contributed by atoms with Gasteiger partial charge in [-0.2, -0.15) is 0 Å². The number of fused-ring (bicyclic) bond motifs is 1. The molecule has 0 aliphatic heterocycles. The van der Waals surface area contributed by atoms with Crippen LogP contribution in [-0.4, -0.2) is 44.8 Å². The smallest absolute Gasteiger partial charge is 0.324 e. The standard InChI is InChI=1S/C21H16Cl2N2O6S/c22-16-9-17(23)11-19(10-16)32(30,31)25(12-20(27)28)18-4-3-13-7-15(2-1-14(13)8-18)21(29)24-5-6-26/h1-4,6-11H,5,12H2,(H,24,29)(H,27,28). The van der Waals surface area contributed by atoms with E-state index in [1.807, 2.05) is 0 Å². The summed E-state index contributed by atoms with van der Waals surface area (Å²) in [6.07, 6.45) is 0.565. The maximum atomic E-state index is 13.2. The molecular formula is C21H16Cl2N2O6S. The molecule has 0 aromatic heterocycles. The first-order valence-electron chi connectivity index (χ1n) is 9.08. The Balaban J connectivity index is 2.05. The third-order valence-electron chi connectivity index (χ3n) is 4.42. The van der Waals surface area contributed by atoms with E-state index in [0.717, 1.165) is 4.31 Å². The summed E-state index contributed by atoms with van der Waals surface area (Å²) in [6.45, 7) is -0.949. The van der Waals surface area contributed by atoms with Crippen molar-refractivity contribution in [2.75, 3.05) is 17.4 Å². The van der Waals surface area contributed by atoms with Crippen LogP contribution in [0.1, 0.15) is 10.4 Å². The summed E-state index contributed by atoms with van der Waals surface area (Å²) in [7, 11) is -4.31. The van der Waals surface area contributed by atoms with E-state index < -0.39 is 28.4 Å². The van der Waals surface area contributed by atoms with Crippen LogP contribution in [0.2, 0.25) is 10.0 Å². The highest BCUT2D eigenvalue weighted by molar-refractivity contribution is 7.92. The topological polar surface area (TPSA) is 121 Å². The lowest BCUT2D eigenvalue weighted by atomic mass is 10.1. The minimum Gasteiger partial charge on any atom is -0.480 e. The van der Waals surface area contributed by atoms with Crippen LogP contribution < -0.4 is 9.62 Å². The molecule has 2 N–H and O–H groups in total. The first-order chi connectivity index (χ1) is 15.1. The Morgan fingerprint density at radius 3 is 2.22 bits per heavy atom. The second kappa shape index (κ2) is 9.56. The Morgan fingerprint density at radius 2 is 1.59 bits per heavy atom. The summed E-state index contributed by atoms with van der Waals surface area (Å²) in [5.41, 5.74) is 0.421. The Bertz CT molecular complexity index is 1310. The molecule has 0 heterocycles. The maximum absolute atomic E-state index is 13.2. The summed E-state index contributed by atoms with van der Waals surface area (Å²) >= 11 is 11.9. The van der Waals surface area contributed by atoms with E-state index in [1.54, 1.807) is 18.2 Å². The van der Waals surface area contributed by atoms with Gasteiger partial charge in [0.15, 0.2) is 0 Å². The van der Waals surface area contributed by atoms with Gasteiger partial charge in [0.05, 0.1) is 17.1 Å². The first kappa shape index (κ1) is 23.5. The number of carbonyl (C=O) groups excluding carboxylic acids is 2. The summed E-state index contributed by atoms with van der Waals surface area (Å²) in [4.78, 5) is 33.7. The number of hydrogen-bond acceptors (Lipinski definition) is 5. The van der Waals surface area contributed by atoms with Crippen LogP contribution in [0.3, 0.4) is 0 Å². The first-order valence-corrected chi connectivity index (χ1v) is 11.3. The van der Waals surface area contributed by atoms with Crippen LogP contribution >= 0.6 is 23.2 Å². The van der Waals surface area contributed by atoms with Crippen LogP contribution in [0.4, 0.5) is 5.69 Å². The predicted octanol–water partition coefficient (Wildman–Crippen LogP) is 3.36. The van der Waals surface area contributed by atoms with Crippen molar-refractivity contribution >= 4 is 67.8 Å². The van der Waals surface area contributed by atoms with E-state index in [1.165, 1.54) is 36.4 Å². The van der Waals surface area contributed by atoms with Crippen molar-refractivity contribution < 1.29 is 27.9 Å². The van der Waals surface area contributed by atoms with E-state index in [-0.39, 0.29) is 27.2 Å². The van der Waals surface area contributed by atoms with Crippen molar-refractivity contribution in [2.24, 2.45) is 0 Å². The molecule has 0 fully saturated rings. The fourth-order valence-corrected chi connectivity index (χ4v) is 5.14. The minimum absolute atomic E-state index is 0.0882. The molecule has 0 aliphatic rings. The number of nitrogens with one attached hydrogen (secondary N) is 1. The van der Waals surface area contributed by atoms with E-state index in [4.69, 9.17) is 23.2 Å². The molecule has 0 aliphatic carbocycles. The molecule has 1 amide bonds. The Hall–Kier alpha value is -3.14. The number of amides is 1. The molecule has 0 atom stereocenters. The molecular weight excluding hydrogens is 479 g/mol. The van der Waals surface area contributed by atoms with Crippen LogP contribution in [0, 0.1) is 0 Å². The Morgan fingerprint density at radius 1 is 0.969 bits per heavy atom. The van der Waals surface area contributed by atoms with Crippen molar-refractivity contribution in [2.45, 2.75) is 4.90 Å². The number of rotatable bonds is 8. The van der Waals surface area contributed by atoms with Crippen LogP contribution in [0.25, 0.3) is 10.8 Å². The Labute approximate surface area is 193 Å². The van der Waals surface area contributed by atoms with Crippen LogP contribution in [0.15, 0.2) is 59.5 Å². The van der Waals surface area contributed by atoms with E-state index in [9.17, 15) is 27.9 Å². The zero-order valence-corrected chi connectivity index (χ0v) is 18.6. The molecule has 0 spiro atoms. The highest BCUT2D eigenvalue weighted by Crippen LogP contribution is 2.30. The lowest BCUT2D eigenvalue weighted by Gasteiger charge is -2.23. The van der Waals surface area contributed by atoms with Gasteiger partial charge in [0.1, 0.15) is 12.8 Å². The van der Waals surface area contributed by atoms with Gasteiger partial charge in [-0.3, -0.25) is 13.9 Å². The molecule has 3 aromatic carbocycles. The molecule has 0 saturated carbocycles. The van der Waals surface area contributed by atoms with Crippen molar-refractivity contribution in [1.29, 1.82) is 0 Å². The van der Waals surface area contributed by atoms with Gasteiger partial charge >= 0.3 is 5.97 Å². The second-order valence-electron chi connectivity index (χ2n) is 6.63. The van der Waals surface area contributed by atoms with Gasteiger partial charge in [-0.1, -0.05) is 35.3 Å². The van der Waals surface area contributed by atoms with Gasteiger partial charge in [-0.25, -0.2) is 8.42 Å². The molecule has 8 nitrogen and oxygen atoms in total. The van der Waals surface area contributed by atoms with Gasteiger partial charge in [0, 0.05) is 15.6 Å². The number of benzene rings is 3.